The highest BCUT2D eigenvalue weighted by molar-refractivity contribution is 6.74. The number of alkyl halides is 6. The van der Waals surface area contributed by atoms with Crippen molar-refractivity contribution < 1.29 is 9.53 Å². The number of carbonyl (C=O) groups is 1. The maximum absolute atomic E-state index is 10.6. The van der Waals surface area contributed by atoms with Gasteiger partial charge in [0.2, 0.25) is 13.2 Å². The van der Waals surface area contributed by atoms with Crippen LogP contribution >= 0.6 is 69.6 Å². The van der Waals surface area contributed by atoms with E-state index >= 15 is 0 Å². The number of rotatable bonds is 0. The van der Waals surface area contributed by atoms with Gasteiger partial charge < -0.3 is 4.74 Å². The molecule has 0 unspecified atom stereocenters. The van der Waals surface area contributed by atoms with Gasteiger partial charge in [-0.05, 0) is 0 Å². The molecule has 0 spiro atoms. The highest BCUT2D eigenvalue weighted by Crippen LogP contribution is 2.59. The Morgan fingerprint density at radius 2 is 1.38 bits per heavy atom. The first-order chi connectivity index (χ1) is 5.60. The van der Waals surface area contributed by atoms with Gasteiger partial charge in [-0.1, -0.05) is 69.6 Å². The van der Waals surface area contributed by atoms with Crippen LogP contribution in [0, 0.1) is 0 Å². The molecule has 0 aliphatic carbocycles. The summed E-state index contributed by atoms with van der Waals surface area (Å²) < 4.78 is 0.693. The zero-order chi connectivity index (χ0) is 10.5. The molecule has 0 aromatic heterocycles. The molecule has 0 bridgehead atoms. The van der Waals surface area contributed by atoms with E-state index in [4.69, 9.17) is 69.6 Å². The molecular weight excluding hydrogens is 305 g/mol. The average molecular weight is 307 g/mol. The van der Waals surface area contributed by atoms with E-state index in [9.17, 15) is 4.79 Å². The molecule has 76 valence electrons. The summed E-state index contributed by atoms with van der Waals surface area (Å²) >= 11 is 33.3. The van der Waals surface area contributed by atoms with Gasteiger partial charge >= 0.3 is 5.97 Å². The maximum Gasteiger partial charge on any atom is 0.311 e. The van der Waals surface area contributed by atoms with Gasteiger partial charge in [-0.3, -0.25) is 4.79 Å². The Morgan fingerprint density at radius 3 is 1.46 bits per heavy atom. The number of esters is 1. The van der Waals surface area contributed by atoms with Crippen molar-refractivity contribution in [3.63, 3.8) is 0 Å². The smallest absolute Gasteiger partial charge is 0.311 e. The fraction of sp³-hybridized carbons (Fsp3) is 0.800. The van der Waals surface area contributed by atoms with E-state index in [0.717, 1.165) is 0 Å². The highest BCUT2D eigenvalue weighted by Gasteiger charge is 2.70. The van der Waals surface area contributed by atoms with Crippen LogP contribution in [0.5, 0.6) is 0 Å². The summed E-state index contributed by atoms with van der Waals surface area (Å²) in [6.07, 6.45) is -0.236. The molecule has 0 radical (unpaired) electrons. The Bertz CT molecular complexity index is 214. The third kappa shape index (κ3) is 1.95. The van der Waals surface area contributed by atoms with Gasteiger partial charge in [0.25, 0.3) is 0 Å². The maximum atomic E-state index is 10.6. The van der Waals surface area contributed by atoms with Crippen molar-refractivity contribution >= 4 is 75.6 Å². The van der Waals surface area contributed by atoms with E-state index in [2.05, 4.69) is 4.74 Å². The SMILES string of the molecule is O=C1CC(C(Cl)(Cl)Cl)(C(Cl)(Cl)Cl)O1. The Balaban J connectivity index is 2.99. The molecule has 0 amide bonds. The van der Waals surface area contributed by atoms with E-state index in [1.54, 1.807) is 0 Å². The van der Waals surface area contributed by atoms with Crippen molar-refractivity contribution in [2.75, 3.05) is 0 Å². The number of hydrogen-bond acceptors (Lipinski definition) is 2. The second-order valence-corrected chi connectivity index (χ2v) is 7.04. The Labute approximate surface area is 104 Å². The molecule has 1 aliphatic heterocycles. The van der Waals surface area contributed by atoms with Crippen LogP contribution in [-0.2, 0) is 9.53 Å². The molecule has 0 atom stereocenters. The van der Waals surface area contributed by atoms with Gasteiger partial charge in [-0.25, -0.2) is 0 Å². The topological polar surface area (TPSA) is 26.3 Å². The molecule has 2 nitrogen and oxygen atoms in total. The minimum atomic E-state index is -1.97. The predicted molar refractivity (Wildman–Crippen MR) is 54.0 cm³/mol. The summed E-state index contributed by atoms with van der Waals surface area (Å²) in [6.45, 7) is 0. The van der Waals surface area contributed by atoms with Crippen molar-refractivity contribution in [3.8, 4) is 0 Å². The van der Waals surface area contributed by atoms with Crippen LogP contribution in [0.15, 0.2) is 0 Å². The third-order valence-electron chi connectivity index (χ3n) is 1.60. The number of halogens is 6. The predicted octanol–water partition coefficient (Wildman–Crippen LogP) is 3.41. The second kappa shape index (κ2) is 3.36. The molecule has 8 heteroatoms. The summed E-state index contributed by atoms with van der Waals surface area (Å²) in [5.41, 5.74) is -1.69. The van der Waals surface area contributed by atoms with Crippen molar-refractivity contribution in [1.82, 2.24) is 0 Å². The first-order valence-electron chi connectivity index (χ1n) is 2.95. The van der Waals surface area contributed by atoms with E-state index in [0.29, 0.717) is 0 Å². The molecule has 13 heavy (non-hydrogen) atoms. The number of carbonyl (C=O) groups excluding carboxylic acids is 1. The lowest BCUT2D eigenvalue weighted by Crippen LogP contribution is -2.64. The quantitative estimate of drug-likeness (QED) is 0.506. The molecule has 1 fully saturated rings. The summed E-state index contributed by atoms with van der Waals surface area (Å²) in [7, 11) is 0. The molecule has 1 heterocycles. The van der Waals surface area contributed by atoms with Crippen LogP contribution < -0.4 is 0 Å². The minimum Gasteiger partial charge on any atom is -0.449 e. The lowest BCUT2D eigenvalue weighted by atomic mass is 9.98. The van der Waals surface area contributed by atoms with Gasteiger partial charge in [0.15, 0.2) is 0 Å². The highest BCUT2D eigenvalue weighted by atomic mass is 35.6. The molecule has 0 N–H and O–H groups in total. The second-order valence-electron chi connectivity index (χ2n) is 2.47. The molecule has 1 aliphatic rings. The number of cyclic esters (lactones) is 1. The third-order valence-corrected chi connectivity index (χ3v) is 3.43. The summed E-state index contributed by atoms with van der Waals surface area (Å²) in [5, 5.41) is 0. The Hall–Kier alpha value is 1.21. The van der Waals surface area contributed by atoms with Gasteiger partial charge in [-0.15, -0.1) is 0 Å². The van der Waals surface area contributed by atoms with Gasteiger partial charge in [0.05, 0.1) is 6.42 Å². The van der Waals surface area contributed by atoms with E-state index in [1.807, 2.05) is 0 Å². The summed E-state index contributed by atoms with van der Waals surface area (Å²) in [6, 6.07) is 0. The van der Waals surface area contributed by atoms with Gasteiger partial charge in [0, 0.05) is 0 Å². The van der Waals surface area contributed by atoms with Crippen LogP contribution in [-0.4, -0.2) is 19.2 Å². The van der Waals surface area contributed by atoms with Crippen LogP contribution in [0.3, 0.4) is 0 Å². The van der Waals surface area contributed by atoms with Gasteiger partial charge in [0.1, 0.15) is 0 Å². The van der Waals surface area contributed by atoms with Crippen molar-refractivity contribution in [3.05, 3.63) is 0 Å². The van der Waals surface area contributed by atoms with Crippen LogP contribution in [0.1, 0.15) is 6.42 Å². The van der Waals surface area contributed by atoms with E-state index in [1.165, 1.54) is 0 Å². The van der Waals surface area contributed by atoms with Crippen LogP contribution in [0.4, 0.5) is 0 Å². The van der Waals surface area contributed by atoms with E-state index in [-0.39, 0.29) is 6.42 Å². The molecule has 0 aromatic rings. The first-order valence-corrected chi connectivity index (χ1v) is 5.22. The molecule has 1 rings (SSSR count). The fourth-order valence-corrected chi connectivity index (χ4v) is 2.78. The zero-order valence-electron chi connectivity index (χ0n) is 5.79. The molecule has 0 saturated carbocycles. The molecular formula is C5H2Cl6O2. The van der Waals surface area contributed by atoms with Crippen molar-refractivity contribution in [2.24, 2.45) is 0 Å². The van der Waals surface area contributed by atoms with Crippen molar-refractivity contribution in [2.45, 2.75) is 19.6 Å². The average Bonchev–Trinajstić information content (AvgIpc) is 1.74. The lowest BCUT2D eigenvalue weighted by molar-refractivity contribution is -0.189. The normalized spacial score (nSPS) is 22.2. The monoisotopic (exact) mass is 304 g/mol. The number of hydrogen-bond donors (Lipinski definition) is 0. The standard InChI is InChI=1S/C5H2Cl6O2/c6-4(7,8)3(5(9,10)11)1-2(12)13-3/h1H2. The Morgan fingerprint density at radius 1 is 1.08 bits per heavy atom. The zero-order valence-corrected chi connectivity index (χ0v) is 10.3. The van der Waals surface area contributed by atoms with E-state index < -0.39 is 19.2 Å². The number of ether oxygens (including phenoxy) is 1. The Kier molecular flexibility index (Phi) is 3.17. The largest absolute Gasteiger partial charge is 0.449 e. The molecule has 0 aromatic carbocycles. The van der Waals surface area contributed by atoms with Crippen LogP contribution in [0.25, 0.3) is 0 Å². The molecule has 1 saturated heterocycles. The van der Waals surface area contributed by atoms with Gasteiger partial charge in [-0.2, -0.15) is 0 Å². The summed E-state index contributed by atoms with van der Waals surface area (Å²) in [5.74, 6) is -0.572. The lowest BCUT2D eigenvalue weighted by Gasteiger charge is -2.48. The van der Waals surface area contributed by atoms with Crippen LogP contribution in [0.2, 0.25) is 0 Å². The van der Waals surface area contributed by atoms with Crippen molar-refractivity contribution in [1.29, 1.82) is 0 Å². The summed E-state index contributed by atoms with van der Waals surface area (Å²) in [4.78, 5) is 10.6. The first kappa shape index (κ1) is 12.3. The fourth-order valence-electron chi connectivity index (χ4n) is 0.866. The minimum absolute atomic E-state index is 0.236.